The second-order valence-electron chi connectivity index (χ2n) is 6.17. The van der Waals surface area contributed by atoms with Crippen molar-refractivity contribution in [1.82, 2.24) is 15.1 Å². The number of piperidine rings is 1. The van der Waals surface area contributed by atoms with Crippen LogP contribution in [-0.4, -0.2) is 61.7 Å². The predicted octanol–water partition coefficient (Wildman–Crippen LogP) is 2.18. The first-order chi connectivity index (χ1) is 8.54. The number of rotatable bonds is 7. The molecule has 1 saturated heterocycles. The van der Waals surface area contributed by atoms with Crippen LogP contribution in [0.1, 0.15) is 46.5 Å². The summed E-state index contributed by atoms with van der Waals surface area (Å²) in [7, 11) is 4.53. The lowest BCUT2D eigenvalue weighted by Crippen LogP contribution is -2.51. The molecule has 18 heavy (non-hydrogen) atoms. The van der Waals surface area contributed by atoms with Crippen LogP contribution in [0.25, 0.3) is 0 Å². The number of likely N-dealkylation sites (N-methyl/N-ethyl adjacent to an activating group) is 2. The maximum absolute atomic E-state index is 3.66. The van der Waals surface area contributed by atoms with Crippen LogP contribution in [-0.2, 0) is 0 Å². The van der Waals surface area contributed by atoms with Gasteiger partial charge in [-0.1, -0.05) is 13.3 Å². The fraction of sp³-hybridized carbons (Fsp3) is 1.00. The van der Waals surface area contributed by atoms with Gasteiger partial charge in [0.05, 0.1) is 0 Å². The minimum absolute atomic E-state index is 0.626. The second kappa shape index (κ2) is 8.13. The highest BCUT2D eigenvalue weighted by Crippen LogP contribution is 2.15. The van der Waals surface area contributed by atoms with Gasteiger partial charge in [0.2, 0.25) is 0 Å². The molecule has 0 spiro atoms. The van der Waals surface area contributed by atoms with Crippen molar-refractivity contribution in [3.8, 4) is 0 Å². The number of nitrogens with one attached hydrogen (secondary N) is 1. The molecule has 0 aromatic carbocycles. The van der Waals surface area contributed by atoms with E-state index in [1.807, 2.05) is 0 Å². The van der Waals surface area contributed by atoms with Crippen molar-refractivity contribution in [3.05, 3.63) is 0 Å². The fourth-order valence-electron chi connectivity index (χ4n) is 2.88. The Labute approximate surface area is 114 Å². The van der Waals surface area contributed by atoms with Gasteiger partial charge in [-0.3, -0.25) is 4.90 Å². The molecule has 1 fully saturated rings. The fourth-order valence-corrected chi connectivity index (χ4v) is 2.88. The molecule has 1 aliphatic rings. The molecular formula is C15H33N3. The zero-order valence-electron chi connectivity index (χ0n) is 13.1. The van der Waals surface area contributed by atoms with Crippen LogP contribution in [0.5, 0.6) is 0 Å². The first kappa shape index (κ1) is 15.9. The molecule has 0 amide bonds. The molecular weight excluding hydrogens is 222 g/mol. The van der Waals surface area contributed by atoms with Crippen molar-refractivity contribution in [2.45, 2.75) is 64.6 Å². The summed E-state index contributed by atoms with van der Waals surface area (Å²) in [5, 5.41) is 3.66. The first-order valence-electron chi connectivity index (χ1n) is 7.68. The van der Waals surface area contributed by atoms with Crippen LogP contribution in [0, 0.1) is 0 Å². The van der Waals surface area contributed by atoms with Gasteiger partial charge in [-0.25, -0.2) is 0 Å². The van der Waals surface area contributed by atoms with E-state index in [1.165, 1.54) is 38.8 Å². The minimum Gasteiger partial charge on any atom is -0.313 e. The molecule has 0 saturated carbocycles. The summed E-state index contributed by atoms with van der Waals surface area (Å²) in [6.07, 6.45) is 5.25. The van der Waals surface area contributed by atoms with Gasteiger partial charge in [-0.05, 0) is 53.8 Å². The highest BCUT2D eigenvalue weighted by Gasteiger charge is 2.24. The lowest BCUT2D eigenvalue weighted by atomic mass is 10.0. The molecule has 0 aromatic heterocycles. The van der Waals surface area contributed by atoms with Crippen molar-refractivity contribution in [2.24, 2.45) is 0 Å². The van der Waals surface area contributed by atoms with Gasteiger partial charge < -0.3 is 10.2 Å². The zero-order chi connectivity index (χ0) is 13.5. The Balaban J connectivity index is 2.29. The van der Waals surface area contributed by atoms with Crippen LogP contribution in [0.2, 0.25) is 0 Å². The Morgan fingerprint density at radius 2 is 2.11 bits per heavy atom. The molecule has 3 heteroatoms. The topological polar surface area (TPSA) is 18.5 Å². The van der Waals surface area contributed by atoms with E-state index in [2.05, 4.69) is 50.0 Å². The molecule has 3 unspecified atom stereocenters. The molecule has 108 valence electrons. The van der Waals surface area contributed by atoms with Gasteiger partial charge in [0.25, 0.3) is 0 Å². The Hall–Kier alpha value is -0.120. The largest absolute Gasteiger partial charge is 0.313 e. The molecule has 0 aromatic rings. The van der Waals surface area contributed by atoms with E-state index in [0.29, 0.717) is 12.1 Å². The summed E-state index contributed by atoms with van der Waals surface area (Å²) in [6, 6.07) is 2.02. The monoisotopic (exact) mass is 255 g/mol. The zero-order valence-corrected chi connectivity index (χ0v) is 13.1. The van der Waals surface area contributed by atoms with Gasteiger partial charge in [0.1, 0.15) is 0 Å². The van der Waals surface area contributed by atoms with E-state index in [9.17, 15) is 0 Å². The SMILES string of the molecule is CCCC(C)NCC(C)N(C)C1CCCN(C)C1. The summed E-state index contributed by atoms with van der Waals surface area (Å²) in [5.74, 6) is 0. The maximum Gasteiger partial charge on any atom is 0.0223 e. The van der Waals surface area contributed by atoms with E-state index in [1.54, 1.807) is 0 Å². The van der Waals surface area contributed by atoms with Crippen molar-refractivity contribution in [2.75, 3.05) is 33.7 Å². The van der Waals surface area contributed by atoms with E-state index >= 15 is 0 Å². The summed E-state index contributed by atoms with van der Waals surface area (Å²) < 4.78 is 0. The standard InChI is InChI=1S/C15H33N3/c1-6-8-13(2)16-11-14(3)18(5)15-9-7-10-17(4)12-15/h13-16H,6-12H2,1-5H3. The third-order valence-corrected chi connectivity index (χ3v) is 4.35. The first-order valence-corrected chi connectivity index (χ1v) is 7.68. The Bertz CT molecular complexity index is 220. The lowest BCUT2D eigenvalue weighted by Gasteiger charge is -2.39. The average Bonchev–Trinajstić information content (AvgIpc) is 2.35. The van der Waals surface area contributed by atoms with Gasteiger partial charge >= 0.3 is 0 Å². The maximum atomic E-state index is 3.66. The predicted molar refractivity (Wildman–Crippen MR) is 80.1 cm³/mol. The number of hydrogen-bond acceptors (Lipinski definition) is 3. The number of likely N-dealkylation sites (tertiary alicyclic amines) is 1. The number of hydrogen-bond donors (Lipinski definition) is 1. The third kappa shape index (κ3) is 5.25. The van der Waals surface area contributed by atoms with Crippen molar-refractivity contribution < 1.29 is 0 Å². The molecule has 1 N–H and O–H groups in total. The van der Waals surface area contributed by atoms with Gasteiger partial charge in [-0.2, -0.15) is 0 Å². The van der Waals surface area contributed by atoms with Crippen molar-refractivity contribution >= 4 is 0 Å². The average molecular weight is 255 g/mol. The molecule has 3 nitrogen and oxygen atoms in total. The summed E-state index contributed by atoms with van der Waals surface area (Å²) in [4.78, 5) is 5.03. The highest BCUT2D eigenvalue weighted by atomic mass is 15.2. The molecule has 1 heterocycles. The molecule has 0 aliphatic carbocycles. The van der Waals surface area contributed by atoms with Crippen LogP contribution in [0.15, 0.2) is 0 Å². The number of nitrogens with zero attached hydrogens (tertiary/aromatic N) is 2. The van der Waals surface area contributed by atoms with Crippen LogP contribution < -0.4 is 5.32 Å². The lowest BCUT2D eigenvalue weighted by molar-refractivity contribution is 0.103. The van der Waals surface area contributed by atoms with Gasteiger partial charge in [0.15, 0.2) is 0 Å². The third-order valence-electron chi connectivity index (χ3n) is 4.35. The molecule has 3 atom stereocenters. The summed E-state index contributed by atoms with van der Waals surface area (Å²) in [6.45, 7) is 10.5. The van der Waals surface area contributed by atoms with Gasteiger partial charge in [0, 0.05) is 31.2 Å². The highest BCUT2D eigenvalue weighted by molar-refractivity contribution is 4.81. The molecule has 1 rings (SSSR count). The van der Waals surface area contributed by atoms with Crippen LogP contribution >= 0.6 is 0 Å². The quantitative estimate of drug-likeness (QED) is 0.752. The Morgan fingerprint density at radius 3 is 2.72 bits per heavy atom. The van der Waals surface area contributed by atoms with Crippen molar-refractivity contribution in [3.63, 3.8) is 0 Å². The molecule has 0 radical (unpaired) electrons. The van der Waals surface area contributed by atoms with E-state index < -0.39 is 0 Å². The summed E-state index contributed by atoms with van der Waals surface area (Å²) in [5.41, 5.74) is 0. The Kier molecular flexibility index (Phi) is 7.20. The Morgan fingerprint density at radius 1 is 1.39 bits per heavy atom. The van der Waals surface area contributed by atoms with Crippen LogP contribution in [0.3, 0.4) is 0 Å². The summed E-state index contributed by atoms with van der Waals surface area (Å²) >= 11 is 0. The smallest absolute Gasteiger partial charge is 0.0223 e. The van der Waals surface area contributed by atoms with E-state index in [4.69, 9.17) is 0 Å². The normalized spacial score (nSPS) is 25.3. The van der Waals surface area contributed by atoms with Crippen molar-refractivity contribution in [1.29, 1.82) is 0 Å². The minimum atomic E-state index is 0.626. The second-order valence-corrected chi connectivity index (χ2v) is 6.17. The molecule has 0 bridgehead atoms. The van der Waals surface area contributed by atoms with Crippen LogP contribution in [0.4, 0.5) is 0 Å². The van der Waals surface area contributed by atoms with Gasteiger partial charge in [-0.15, -0.1) is 0 Å². The van der Waals surface area contributed by atoms with E-state index in [-0.39, 0.29) is 0 Å². The molecule has 1 aliphatic heterocycles. The van der Waals surface area contributed by atoms with E-state index in [0.717, 1.165) is 12.6 Å².